The van der Waals surface area contributed by atoms with Crippen molar-refractivity contribution in [2.75, 3.05) is 61.6 Å². The number of methoxy groups -OCH3 is 1. The molecule has 0 saturated carbocycles. The topological polar surface area (TPSA) is 62.8 Å². The smallest absolute Gasteiger partial charge is 0.134 e. The van der Waals surface area contributed by atoms with Crippen LogP contribution in [0.1, 0.15) is 18.7 Å². The van der Waals surface area contributed by atoms with E-state index in [2.05, 4.69) is 43.3 Å². The second-order valence-corrected chi connectivity index (χ2v) is 7.35. The number of hydrogen-bond acceptors (Lipinski definition) is 7. The van der Waals surface area contributed by atoms with Gasteiger partial charge in [0.05, 0.1) is 13.2 Å². The number of ether oxygens (including phenoxy) is 2. The number of aromatic nitrogens is 2. The third-order valence-corrected chi connectivity index (χ3v) is 5.40. The van der Waals surface area contributed by atoms with Gasteiger partial charge in [0.15, 0.2) is 0 Å². The van der Waals surface area contributed by atoms with Crippen molar-refractivity contribution < 1.29 is 9.47 Å². The van der Waals surface area contributed by atoms with E-state index in [1.165, 1.54) is 5.69 Å². The molecule has 0 bridgehead atoms. The van der Waals surface area contributed by atoms with E-state index >= 15 is 0 Å². The summed E-state index contributed by atoms with van der Waals surface area (Å²) in [6, 6.07) is 10.3. The summed E-state index contributed by atoms with van der Waals surface area (Å²) in [5.41, 5.74) is 1.23. The van der Waals surface area contributed by atoms with E-state index < -0.39 is 0 Å². The van der Waals surface area contributed by atoms with Gasteiger partial charge in [-0.1, -0.05) is 0 Å². The average Bonchev–Trinajstić information content (AvgIpc) is 3.26. The second-order valence-electron chi connectivity index (χ2n) is 7.35. The quantitative estimate of drug-likeness (QED) is 0.823. The standard InChI is InChI=1S/C21H29N5O2/c1-16-23-20(22-15-19-4-3-13-28-19)14-21(24-16)26-11-9-25(10-12-26)17-5-7-18(27-2)8-6-17/h5-8,14,19H,3-4,9-13,15H2,1-2H3,(H,22,23,24). The molecule has 1 N–H and O–H groups in total. The minimum Gasteiger partial charge on any atom is -0.497 e. The molecule has 1 unspecified atom stereocenters. The Kier molecular flexibility index (Phi) is 5.81. The number of rotatable bonds is 6. The van der Waals surface area contributed by atoms with E-state index in [0.717, 1.165) is 75.4 Å². The molecule has 1 aromatic carbocycles. The number of piperazine rings is 1. The Bertz CT molecular complexity index is 769. The van der Waals surface area contributed by atoms with Gasteiger partial charge in [0.2, 0.25) is 0 Å². The molecule has 0 aliphatic carbocycles. The van der Waals surface area contributed by atoms with Crippen LogP contribution in [0.2, 0.25) is 0 Å². The number of aryl methyl sites for hydroxylation is 1. The Morgan fingerprint density at radius 1 is 1.11 bits per heavy atom. The molecule has 1 atom stereocenters. The van der Waals surface area contributed by atoms with Gasteiger partial charge in [-0.2, -0.15) is 0 Å². The SMILES string of the molecule is COc1ccc(N2CCN(c3cc(NCC4CCCO4)nc(C)n3)CC2)cc1. The minimum absolute atomic E-state index is 0.298. The summed E-state index contributed by atoms with van der Waals surface area (Å²) in [6.07, 6.45) is 2.57. The fourth-order valence-corrected chi connectivity index (χ4v) is 3.82. The average molecular weight is 383 g/mol. The highest BCUT2D eigenvalue weighted by atomic mass is 16.5. The summed E-state index contributed by atoms with van der Waals surface area (Å²) in [5, 5.41) is 3.43. The van der Waals surface area contributed by atoms with E-state index in [0.29, 0.717) is 6.10 Å². The summed E-state index contributed by atoms with van der Waals surface area (Å²) in [4.78, 5) is 14.0. The first-order valence-electron chi connectivity index (χ1n) is 10.1. The number of nitrogens with zero attached hydrogens (tertiary/aromatic N) is 4. The highest BCUT2D eigenvalue weighted by Crippen LogP contribution is 2.23. The van der Waals surface area contributed by atoms with Crippen molar-refractivity contribution in [2.24, 2.45) is 0 Å². The van der Waals surface area contributed by atoms with Gasteiger partial charge in [-0.25, -0.2) is 9.97 Å². The van der Waals surface area contributed by atoms with E-state index in [1.54, 1.807) is 7.11 Å². The van der Waals surface area contributed by atoms with Gasteiger partial charge in [0.1, 0.15) is 23.2 Å². The molecule has 7 nitrogen and oxygen atoms in total. The van der Waals surface area contributed by atoms with Gasteiger partial charge in [0, 0.05) is 51.1 Å². The van der Waals surface area contributed by atoms with Crippen molar-refractivity contribution >= 4 is 17.3 Å². The van der Waals surface area contributed by atoms with Crippen molar-refractivity contribution in [3.8, 4) is 5.75 Å². The molecule has 2 aromatic rings. The van der Waals surface area contributed by atoms with Crippen LogP contribution in [0.5, 0.6) is 5.75 Å². The first kappa shape index (κ1) is 18.8. The summed E-state index contributed by atoms with van der Waals surface area (Å²) >= 11 is 0. The Hall–Kier alpha value is -2.54. The number of anilines is 3. The molecule has 3 heterocycles. The summed E-state index contributed by atoms with van der Waals surface area (Å²) in [6.45, 7) is 7.44. The summed E-state index contributed by atoms with van der Waals surface area (Å²) in [7, 11) is 1.70. The predicted molar refractivity (Wildman–Crippen MR) is 112 cm³/mol. The van der Waals surface area contributed by atoms with E-state index in [1.807, 2.05) is 19.1 Å². The van der Waals surface area contributed by atoms with Crippen molar-refractivity contribution in [1.29, 1.82) is 0 Å². The Morgan fingerprint density at radius 2 is 1.86 bits per heavy atom. The zero-order valence-electron chi connectivity index (χ0n) is 16.7. The largest absolute Gasteiger partial charge is 0.497 e. The van der Waals surface area contributed by atoms with Crippen molar-refractivity contribution in [1.82, 2.24) is 9.97 Å². The van der Waals surface area contributed by atoms with Crippen molar-refractivity contribution in [3.63, 3.8) is 0 Å². The fraction of sp³-hybridized carbons (Fsp3) is 0.524. The third kappa shape index (κ3) is 4.47. The second kappa shape index (κ2) is 8.65. The van der Waals surface area contributed by atoms with Gasteiger partial charge >= 0.3 is 0 Å². The number of nitrogens with one attached hydrogen (secondary N) is 1. The van der Waals surface area contributed by atoms with Crippen molar-refractivity contribution in [3.05, 3.63) is 36.2 Å². The summed E-state index contributed by atoms with van der Waals surface area (Å²) in [5.74, 6) is 3.57. The molecule has 28 heavy (non-hydrogen) atoms. The van der Waals surface area contributed by atoms with Crippen LogP contribution in [0.3, 0.4) is 0 Å². The van der Waals surface area contributed by atoms with Crippen LogP contribution in [-0.2, 0) is 4.74 Å². The van der Waals surface area contributed by atoms with E-state index in [9.17, 15) is 0 Å². The molecule has 4 rings (SSSR count). The third-order valence-electron chi connectivity index (χ3n) is 5.40. The molecular formula is C21H29N5O2. The lowest BCUT2D eigenvalue weighted by molar-refractivity contribution is 0.120. The predicted octanol–water partition coefficient (Wildman–Crippen LogP) is 2.71. The molecule has 0 radical (unpaired) electrons. The summed E-state index contributed by atoms with van der Waals surface area (Å²) < 4.78 is 10.9. The van der Waals surface area contributed by atoms with Crippen LogP contribution >= 0.6 is 0 Å². The Morgan fingerprint density at radius 3 is 2.54 bits per heavy atom. The lowest BCUT2D eigenvalue weighted by Crippen LogP contribution is -2.46. The molecule has 2 fully saturated rings. The maximum absolute atomic E-state index is 5.69. The Labute approximate surface area is 166 Å². The van der Waals surface area contributed by atoms with Crippen LogP contribution in [-0.4, -0.2) is 62.5 Å². The van der Waals surface area contributed by atoms with Gasteiger partial charge in [-0.15, -0.1) is 0 Å². The molecule has 2 saturated heterocycles. The molecule has 2 aliphatic heterocycles. The normalized spacial score (nSPS) is 19.7. The molecule has 150 valence electrons. The van der Waals surface area contributed by atoms with Gasteiger partial charge in [0.25, 0.3) is 0 Å². The Balaban J connectivity index is 1.36. The van der Waals surface area contributed by atoms with Gasteiger partial charge in [-0.3, -0.25) is 0 Å². The van der Waals surface area contributed by atoms with E-state index in [-0.39, 0.29) is 0 Å². The minimum atomic E-state index is 0.298. The van der Waals surface area contributed by atoms with Crippen molar-refractivity contribution in [2.45, 2.75) is 25.9 Å². The first-order chi connectivity index (χ1) is 13.7. The number of hydrogen-bond donors (Lipinski definition) is 1. The van der Waals surface area contributed by atoms with Crippen LogP contribution in [0.4, 0.5) is 17.3 Å². The zero-order valence-corrected chi connectivity index (χ0v) is 16.7. The first-order valence-corrected chi connectivity index (χ1v) is 10.1. The molecule has 7 heteroatoms. The van der Waals surface area contributed by atoms with Crippen LogP contribution in [0.25, 0.3) is 0 Å². The molecule has 0 amide bonds. The molecule has 2 aliphatic rings. The molecular weight excluding hydrogens is 354 g/mol. The lowest BCUT2D eigenvalue weighted by Gasteiger charge is -2.37. The molecule has 0 spiro atoms. The van der Waals surface area contributed by atoms with E-state index in [4.69, 9.17) is 9.47 Å². The van der Waals surface area contributed by atoms with Crippen LogP contribution in [0.15, 0.2) is 30.3 Å². The maximum Gasteiger partial charge on any atom is 0.134 e. The van der Waals surface area contributed by atoms with Crippen LogP contribution in [0, 0.1) is 6.92 Å². The number of benzene rings is 1. The highest BCUT2D eigenvalue weighted by molar-refractivity contribution is 5.53. The van der Waals surface area contributed by atoms with Gasteiger partial charge in [-0.05, 0) is 44.0 Å². The fourth-order valence-electron chi connectivity index (χ4n) is 3.82. The monoisotopic (exact) mass is 383 g/mol. The zero-order chi connectivity index (χ0) is 19.3. The maximum atomic E-state index is 5.69. The lowest BCUT2D eigenvalue weighted by atomic mass is 10.2. The van der Waals surface area contributed by atoms with Crippen LogP contribution < -0.4 is 19.9 Å². The highest BCUT2D eigenvalue weighted by Gasteiger charge is 2.20. The molecule has 1 aromatic heterocycles. The van der Waals surface area contributed by atoms with Gasteiger partial charge < -0.3 is 24.6 Å².